The van der Waals surface area contributed by atoms with Crippen molar-refractivity contribution >= 4 is 27.8 Å². The first-order valence-electron chi connectivity index (χ1n) is 11.1. The molecule has 2 atom stereocenters. The maximum atomic E-state index is 2.43. The van der Waals surface area contributed by atoms with Crippen LogP contribution in [0.3, 0.4) is 0 Å². The van der Waals surface area contributed by atoms with Crippen molar-refractivity contribution in [3.63, 3.8) is 0 Å². The number of aryl methyl sites for hydroxylation is 1. The first-order valence-corrected chi connectivity index (χ1v) is 11.1. The quantitative estimate of drug-likeness (QED) is 0.283. The van der Waals surface area contributed by atoms with Gasteiger partial charge in [0.1, 0.15) is 0 Å². The minimum Gasteiger partial charge on any atom is -0.310 e. The van der Waals surface area contributed by atoms with Gasteiger partial charge in [-0.15, -0.1) is 0 Å². The number of benzene rings is 4. The fraction of sp³-hybridized carbons (Fsp3) is 0.133. The lowest BCUT2D eigenvalue weighted by atomic mass is 9.76. The molecule has 1 aliphatic rings. The van der Waals surface area contributed by atoms with Gasteiger partial charge in [0.05, 0.1) is 11.2 Å². The van der Waals surface area contributed by atoms with E-state index in [1.54, 1.807) is 0 Å². The highest BCUT2D eigenvalue weighted by atomic mass is 15.0. The van der Waals surface area contributed by atoms with E-state index in [4.69, 9.17) is 0 Å². The van der Waals surface area contributed by atoms with Crippen LogP contribution in [-0.4, -0.2) is 4.57 Å². The minimum atomic E-state index is 0.355. The molecule has 1 aliphatic carbocycles. The van der Waals surface area contributed by atoms with Crippen LogP contribution in [0.15, 0.2) is 97.1 Å². The molecule has 6 rings (SSSR count). The molecule has 0 saturated carbocycles. The number of hydrogen-bond acceptors (Lipinski definition) is 0. The highest BCUT2D eigenvalue weighted by Crippen LogP contribution is 2.47. The van der Waals surface area contributed by atoms with Gasteiger partial charge in [-0.1, -0.05) is 85.8 Å². The molecule has 31 heavy (non-hydrogen) atoms. The Bertz CT molecular complexity index is 1450. The number of aromatic nitrogens is 1. The monoisotopic (exact) mass is 399 g/mol. The fourth-order valence-corrected chi connectivity index (χ4v) is 5.50. The van der Waals surface area contributed by atoms with Gasteiger partial charge < -0.3 is 4.57 Å². The number of fused-ring (bicyclic) bond motifs is 4. The fourth-order valence-electron chi connectivity index (χ4n) is 5.50. The number of nitrogens with zero attached hydrogens (tertiary/aromatic N) is 1. The second-order valence-corrected chi connectivity index (χ2v) is 8.68. The molecule has 0 N–H and O–H groups in total. The van der Waals surface area contributed by atoms with E-state index < -0.39 is 0 Å². The predicted octanol–water partition coefficient (Wildman–Crippen LogP) is 8.01. The van der Waals surface area contributed by atoms with Crippen LogP contribution in [0.4, 0.5) is 0 Å². The lowest BCUT2D eigenvalue weighted by Gasteiger charge is -2.28. The van der Waals surface area contributed by atoms with Crippen LogP contribution in [-0.2, 0) is 0 Å². The van der Waals surface area contributed by atoms with E-state index in [2.05, 4.69) is 122 Å². The van der Waals surface area contributed by atoms with E-state index in [0.717, 1.165) is 0 Å². The van der Waals surface area contributed by atoms with Crippen molar-refractivity contribution in [2.45, 2.75) is 25.7 Å². The highest BCUT2D eigenvalue weighted by molar-refractivity contribution is 5.94. The van der Waals surface area contributed by atoms with Gasteiger partial charge in [0.2, 0.25) is 0 Å². The van der Waals surface area contributed by atoms with Crippen molar-refractivity contribution in [1.29, 1.82) is 0 Å². The van der Waals surface area contributed by atoms with Gasteiger partial charge in [0.15, 0.2) is 0 Å². The van der Waals surface area contributed by atoms with Crippen molar-refractivity contribution in [3.8, 4) is 5.69 Å². The van der Waals surface area contributed by atoms with Crippen LogP contribution >= 0.6 is 0 Å². The van der Waals surface area contributed by atoms with Crippen molar-refractivity contribution in [2.75, 3.05) is 0 Å². The van der Waals surface area contributed by atoms with Crippen molar-refractivity contribution in [3.05, 3.63) is 119 Å². The summed E-state index contributed by atoms with van der Waals surface area (Å²) in [4.78, 5) is 0. The van der Waals surface area contributed by atoms with E-state index >= 15 is 0 Å². The molecule has 0 bridgehead atoms. The molecule has 0 aliphatic heterocycles. The number of allylic oxidation sites excluding steroid dienone is 1. The zero-order chi connectivity index (χ0) is 20.9. The number of para-hydroxylation sites is 1. The third-order valence-corrected chi connectivity index (χ3v) is 6.93. The summed E-state index contributed by atoms with van der Waals surface area (Å²) in [6, 6.07) is 32.9. The molecule has 4 aromatic carbocycles. The first kappa shape index (κ1) is 18.2. The average Bonchev–Trinajstić information content (AvgIpc) is 3.16. The Kier molecular flexibility index (Phi) is 4.11. The second kappa shape index (κ2) is 6.99. The Morgan fingerprint density at radius 3 is 2.35 bits per heavy atom. The van der Waals surface area contributed by atoms with Crippen molar-refractivity contribution in [1.82, 2.24) is 4.57 Å². The molecule has 1 heterocycles. The van der Waals surface area contributed by atoms with E-state index in [1.807, 2.05) is 0 Å². The largest absolute Gasteiger partial charge is 0.310 e. The summed E-state index contributed by atoms with van der Waals surface area (Å²) in [5.41, 5.74) is 8.08. The molecule has 1 nitrogen and oxygen atoms in total. The normalized spacial score (nSPS) is 17.9. The van der Waals surface area contributed by atoms with Gasteiger partial charge in [-0.05, 0) is 64.6 Å². The van der Waals surface area contributed by atoms with Crippen LogP contribution in [0.5, 0.6) is 0 Å². The number of rotatable bonds is 2. The molecule has 0 saturated heterocycles. The van der Waals surface area contributed by atoms with Crippen LogP contribution in [0.1, 0.15) is 41.1 Å². The molecule has 0 amide bonds. The van der Waals surface area contributed by atoms with Crippen molar-refractivity contribution in [2.24, 2.45) is 0 Å². The third kappa shape index (κ3) is 2.70. The topological polar surface area (TPSA) is 4.93 Å². The molecule has 2 unspecified atom stereocenters. The van der Waals surface area contributed by atoms with Gasteiger partial charge in [-0.3, -0.25) is 0 Å². The van der Waals surface area contributed by atoms with Crippen molar-refractivity contribution < 1.29 is 0 Å². The zero-order valence-corrected chi connectivity index (χ0v) is 17.9. The Morgan fingerprint density at radius 2 is 1.48 bits per heavy atom. The van der Waals surface area contributed by atoms with Gasteiger partial charge in [0, 0.05) is 17.0 Å². The summed E-state index contributed by atoms with van der Waals surface area (Å²) in [5.74, 6) is 0.743. The zero-order valence-electron chi connectivity index (χ0n) is 17.9. The maximum absolute atomic E-state index is 2.43. The summed E-state index contributed by atoms with van der Waals surface area (Å²) in [6.45, 7) is 4.64. The maximum Gasteiger partial charge on any atom is 0.0540 e. The first-order chi connectivity index (χ1) is 15.2. The molecule has 0 radical (unpaired) electrons. The molecule has 1 aromatic heterocycles. The van der Waals surface area contributed by atoms with Gasteiger partial charge >= 0.3 is 0 Å². The molecular weight excluding hydrogens is 374 g/mol. The molecule has 1 heteroatoms. The Balaban J connectivity index is 1.62. The summed E-state index contributed by atoms with van der Waals surface area (Å²) in [6.07, 6.45) is 4.77. The molecule has 5 aromatic rings. The molecule has 150 valence electrons. The van der Waals surface area contributed by atoms with Crippen LogP contribution in [0.25, 0.3) is 33.4 Å². The SMILES string of the molecule is Cc1cccc2c1c1c(n2-c2ccccc2)C=CC(c2cccc3ccccc23)C1C. The lowest BCUT2D eigenvalue weighted by molar-refractivity contribution is 0.675. The Labute approximate surface area is 183 Å². The molecule has 0 spiro atoms. The Morgan fingerprint density at radius 1 is 0.742 bits per heavy atom. The van der Waals surface area contributed by atoms with Crippen LogP contribution < -0.4 is 0 Å². The van der Waals surface area contributed by atoms with Crippen LogP contribution in [0.2, 0.25) is 0 Å². The van der Waals surface area contributed by atoms with E-state index in [0.29, 0.717) is 11.8 Å². The van der Waals surface area contributed by atoms with Gasteiger partial charge in [-0.2, -0.15) is 0 Å². The van der Waals surface area contributed by atoms with E-state index in [9.17, 15) is 0 Å². The van der Waals surface area contributed by atoms with Gasteiger partial charge in [-0.25, -0.2) is 0 Å². The Hall–Kier alpha value is -3.58. The minimum absolute atomic E-state index is 0.355. The number of hydrogen-bond donors (Lipinski definition) is 0. The lowest BCUT2D eigenvalue weighted by Crippen LogP contribution is -2.12. The average molecular weight is 400 g/mol. The third-order valence-electron chi connectivity index (χ3n) is 6.93. The molecular formula is C30H25N. The van der Waals surface area contributed by atoms with Gasteiger partial charge in [0.25, 0.3) is 0 Å². The standard InChI is InChI=1S/C30H25N/c1-20-10-8-17-27-29(20)30-21(2)24(26-16-9-12-22-11-6-7-15-25(22)26)18-19-28(30)31(27)23-13-4-3-5-14-23/h3-19,21,24H,1-2H3. The second-order valence-electron chi connectivity index (χ2n) is 8.68. The summed E-state index contributed by atoms with van der Waals surface area (Å²) < 4.78 is 2.43. The van der Waals surface area contributed by atoms with E-state index in [1.165, 1.54) is 49.7 Å². The summed E-state index contributed by atoms with van der Waals surface area (Å²) in [7, 11) is 0. The smallest absolute Gasteiger partial charge is 0.0540 e. The van der Waals surface area contributed by atoms with Crippen LogP contribution in [0, 0.1) is 6.92 Å². The summed E-state index contributed by atoms with van der Waals surface area (Å²) in [5, 5.41) is 4.08. The molecule has 0 fully saturated rings. The van der Waals surface area contributed by atoms with E-state index in [-0.39, 0.29) is 0 Å². The highest BCUT2D eigenvalue weighted by Gasteiger charge is 2.31. The summed E-state index contributed by atoms with van der Waals surface area (Å²) >= 11 is 0. The predicted molar refractivity (Wildman–Crippen MR) is 132 cm³/mol.